The summed E-state index contributed by atoms with van der Waals surface area (Å²) >= 11 is 0. The number of carbonyl (C=O) groups is 1. The molecule has 0 aliphatic carbocycles. The lowest BCUT2D eigenvalue weighted by molar-refractivity contribution is 0.138. The van der Waals surface area contributed by atoms with Crippen LogP contribution < -0.4 is 14.9 Å². The van der Waals surface area contributed by atoms with Gasteiger partial charge in [-0.1, -0.05) is 6.92 Å². The minimum atomic E-state index is -0.642. The summed E-state index contributed by atoms with van der Waals surface area (Å²) in [7, 11) is 1.39. The molecule has 1 fully saturated rings. The summed E-state index contributed by atoms with van der Waals surface area (Å²) < 4.78 is 11.4. The van der Waals surface area contributed by atoms with Gasteiger partial charge >= 0.3 is 7.41 Å². The van der Waals surface area contributed by atoms with E-state index in [0.717, 1.165) is 12.0 Å². The molecule has 0 amide bonds. The quantitative estimate of drug-likeness (QED) is 0.363. The number of nitriles is 1. The van der Waals surface area contributed by atoms with Gasteiger partial charge in [0.05, 0.1) is 31.1 Å². The normalized spacial score (nSPS) is 20.5. The summed E-state index contributed by atoms with van der Waals surface area (Å²) in [4.78, 5) is 26.2. The molecule has 2 atom stereocenters. The van der Waals surface area contributed by atoms with Gasteiger partial charge in [-0.15, -0.1) is 0 Å². The van der Waals surface area contributed by atoms with Crippen molar-refractivity contribution in [3.63, 3.8) is 0 Å². The molecule has 3 aromatic rings. The van der Waals surface area contributed by atoms with Gasteiger partial charge in [-0.05, 0) is 35.9 Å². The number of rotatable bonds is 8. The Morgan fingerprint density at radius 3 is 3.03 bits per heavy atom. The Hall–Kier alpha value is -4.01. The van der Waals surface area contributed by atoms with Crippen LogP contribution in [-0.2, 0) is 14.9 Å². The first-order valence-electron chi connectivity index (χ1n) is 11.6. The van der Waals surface area contributed by atoms with Crippen molar-refractivity contribution in [3.8, 4) is 23.2 Å². The first-order chi connectivity index (χ1) is 17.5. The van der Waals surface area contributed by atoms with Crippen molar-refractivity contribution >= 4 is 30.9 Å². The lowest BCUT2D eigenvalue weighted by Crippen LogP contribution is -2.36. The number of aliphatic hydroxyl groups is 1. The Kier molecular flexibility index (Phi) is 6.54. The van der Waals surface area contributed by atoms with E-state index in [1.54, 1.807) is 35.4 Å². The molecule has 10 nitrogen and oxygen atoms in total. The monoisotopic (exact) mass is 483 g/mol. The van der Waals surface area contributed by atoms with E-state index < -0.39 is 5.41 Å². The number of carbonyl (C=O) groups excluding carboxylic acids is 1. The summed E-state index contributed by atoms with van der Waals surface area (Å²) in [5, 5.41) is 23.2. The molecule has 0 saturated carbocycles. The Morgan fingerprint density at radius 1 is 1.39 bits per heavy atom. The molecule has 1 aromatic carbocycles. The zero-order valence-electron chi connectivity index (χ0n) is 19.7. The van der Waals surface area contributed by atoms with Crippen molar-refractivity contribution in [2.24, 2.45) is 0 Å². The standard InChI is InChI=1S/C25H24BN6O4/c1-25(14-33)13-32(26-15-34)22-17(11-27)9-16(10-19(22)25)20-4-7-29-24(30-20)31-21-3-2-6-28-23(21)36-18-5-8-35-12-18/h2-4,6-7,9-10,15,18,33H,5,8,12-14H2,1H3,(H,29,30,31)/t18-,25-/m1/s1. The third-order valence-electron chi connectivity index (χ3n) is 6.41. The van der Waals surface area contributed by atoms with Crippen LogP contribution in [0.1, 0.15) is 24.5 Å². The van der Waals surface area contributed by atoms with Gasteiger partial charge in [0.15, 0.2) is 0 Å². The highest BCUT2D eigenvalue weighted by Gasteiger charge is 2.40. The van der Waals surface area contributed by atoms with Gasteiger partial charge in [-0.25, -0.2) is 15.0 Å². The maximum atomic E-state index is 11.2. The van der Waals surface area contributed by atoms with Crippen molar-refractivity contribution < 1.29 is 19.4 Å². The van der Waals surface area contributed by atoms with E-state index in [0.29, 0.717) is 66.0 Å². The van der Waals surface area contributed by atoms with Gasteiger partial charge in [0.2, 0.25) is 11.8 Å². The number of anilines is 3. The molecule has 1 radical (unpaired) electrons. The second kappa shape index (κ2) is 9.93. The van der Waals surface area contributed by atoms with Gasteiger partial charge in [-0.3, -0.25) is 0 Å². The molecule has 2 aliphatic heterocycles. The highest BCUT2D eigenvalue weighted by molar-refractivity contribution is 6.70. The summed E-state index contributed by atoms with van der Waals surface area (Å²) in [5.41, 5.74) is 3.09. The van der Waals surface area contributed by atoms with Gasteiger partial charge in [0.25, 0.3) is 0 Å². The van der Waals surface area contributed by atoms with E-state index in [4.69, 9.17) is 9.47 Å². The number of pyridine rings is 1. The lowest BCUT2D eigenvalue weighted by Gasteiger charge is -2.23. The number of benzene rings is 1. The smallest absolute Gasteiger partial charge is 0.329 e. The Balaban J connectivity index is 1.48. The van der Waals surface area contributed by atoms with Crippen molar-refractivity contribution in [2.45, 2.75) is 24.9 Å². The predicted octanol–water partition coefficient (Wildman–Crippen LogP) is 2.20. The summed E-state index contributed by atoms with van der Waals surface area (Å²) in [6.45, 7) is 3.35. The number of nitrogens with zero attached hydrogens (tertiary/aromatic N) is 5. The maximum absolute atomic E-state index is 11.2. The number of nitrogens with one attached hydrogen (secondary N) is 1. The highest BCUT2D eigenvalue weighted by atomic mass is 16.5. The second-order valence-corrected chi connectivity index (χ2v) is 9.01. The van der Waals surface area contributed by atoms with E-state index in [2.05, 4.69) is 26.3 Å². The average Bonchev–Trinajstić information content (AvgIpc) is 3.51. The van der Waals surface area contributed by atoms with Gasteiger partial charge in [0.1, 0.15) is 24.0 Å². The highest BCUT2D eigenvalue weighted by Crippen LogP contribution is 2.44. The number of ether oxygens (including phenoxy) is 2. The first-order valence-corrected chi connectivity index (χ1v) is 11.6. The van der Waals surface area contributed by atoms with Crippen molar-refractivity contribution in [1.82, 2.24) is 15.0 Å². The van der Waals surface area contributed by atoms with Gasteiger partial charge < -0.3 is 29.5 Å². The molecule has 1 saturated heterocycles. The van der Waals surface area contributed by atoms with Crippen LogP contribution in [0.4, 0.5) is 17.3 Å². The molecule has 0 bridgehead atoms. The van der Waals surface area contributed by atoms with Gasteiger partial charge in [0, 0.05) is 42.0 Å². The average molecular weight is 483 g/mol. The fourth-order valence-electron chi connectivity index (χ4n) is 4.56. The topological polar surface area (TPSA) is 133 Å². The van der Waals surface area contributed by atoms with E-state index in [1.165, 1.54) is 7.41 Å². The maximum Gasteiger partial charge on any atom is 0.329 e. The third kappa shape index (κ3) is 4.48. The molecule has 2 aromatic heterocycles. The summed E-state index contributed by atoms with van der Waals surface area (Å²) in [6.07, 6.45) is 4.71. The molecular weight excluding hydrogens is 459 g/mol. The molecule has 36 heavy (non-hydrogen) atoms. The lowest BCUT2D eigenvalue weighted by atomic mass is 9.83. The molecule has 0 unspecified atom stereocenters. The Labute approximate surface area is 209 Å². The molecule has 5 rings (SSSR count). The van der Waals surface area contributed by atoms with Crippen molar-refractivity contribution in [3.05, 3.63) is 53.9 Å². The summed E-state index contributed by atoms with van der Waals surface area (Å²) in [6, 6.07) is 11.3. The minimum Gasteiger partial charge on any atom is -0.470 e. The largest absolute Gasteiger partial charge is 0.470 e. The zero-order chi connectivity index (χ0) is 25.1. The number of aromatic nitrogens is 3. The van der Waals surface area contributed by atoms with Crippen molar-refractivity contribution in [2.75, 3.05) is 36.5 Å². The SMILES string of the molecule is C[C@]1(CO)CN([B]C=O)c2c(C#N)cc(-c3ccnc(Nc4cccnc4O[C@@H]4CCOC4)n3)cc21. The van der Waals surface area contributed by atoms with E-state index in [-0.39, 0.29) is 12.7 Å². The van der Waals surface area contributed by atoms with Crippen LogP contribution in [0.5, 0.6) is 5.88 Å². The minimum absolute atomic E-state index is 0.0552. The fraction of sp³-hybridized carbons (Fsp3) is 0.320. The van der Waals surface area contributed by atoms with E-state index in [9.17, 15) is 15.2 Å². The van der Waals surface area contributed by atoms with Crippen LogP contribution in [0.15, 0.2) is 42.7 Å². The number of aliphatic hydroxyl groups excluding tert-OH is 1. The van der Waals surface area contributed by atoms with Gasteiger partial charge in [-0.2, -0.15) is 5.26 Å². The molecular formula is C25H24BN6O4. The van der Waals surface area contributed by atoms with Crippen LogP contribution in [0.25, 0.3) is 11.3 Å². The van der Waals surface area contributed by atoms with E-state index in [1.807, 2.05) is 19.1 Å². The predicted molar refractivity (Wildman–Crippen MR) is 134 cm³/mol. The molecule has 2 N–H and O–H groups in total. The Bertz CT molecular complexity index is 1330. The Morgan fingerprint density at radius 2 is 2.28 bits per heavy atom. The summed E-state index contributed by atoms with van der Waals surface area (Å²) in [5.74, 6) is 0.782. The second-order valence-electron chi connectivity index (χ2n) is 9.01. The molecule has 2 aliphatic rings. The van der Waals surface area contributed by atoms with Crippen LogP contribution in [0, 0.1) is 11.3 Å². The van der Waals surface area contributed by atoms with Crippen molar-refractivity contribution in [1.29, 1.82) is 5.26 Å². The molecule has 181 valence electrons. The first kappa shape index (κ1) is 23.7. The van der Waals surface area contributed by atoms with E-state index >= 15 is 0 Å². The number of hydrogen-bond acceptors (Lipinski definition) is 10. The van der Waals surface area contributed by atoms with Crippen LogP contribution in [0.2, 0.25) is 0 Å². The number of hydrogen-bond donors (Lipinski definition) is 2. The third-order valence-corrected chi connectivity index (χ3v) is 6.41. The van der Waals surface area contributed by atoms with Crippen LogP contribution >= 0.6 is 0 Å². The van der Waals surface area contributed by atoms with Crippen LogP contribution in [-0.4, -0.2) is 66.1 Å². The molecule has 11 heteroatoms. The molecule has 4 heterocycles. The number of fused-ring (bicyclic) bond motifs is 1. The fourth-order valence-corrected chi connectivity index (χ4v) is 4.56. The van der Waals surface area contributed by atoms with Crippen LogP contribution in [0.3, 0.4) is 0 Å². The molecule has 0 spiro atoms. The zero-order valence-corrected chi connectivity index (χ0v) is 19.7.